The minimum absolute atomic E-state index is 0.517. The maximum absolute atomic E-state index is 10.7. The van der Waals surface area contributed by atoms with Crippen LogP contribution in [0.4, 0.5) is 10.5 Å². The number of aromatic amines is 1. The topological polar surface area (TPSA) is 102 Å². The van der Waals surface area contributed by atoms with Gasteiger partial charge in [0.25, 0.3) is 0 Å². The molecule has 0 bridgehead atoms. The molecule has 90 valence electrons. The Bertz CT molecular complexity index is 680. The molecule has 2 heterocycles. The van der Waals surface area contributed by atoms with E-state index in [1.54, 1.807) is 6.20 Å². The van der Waals surface area contributed by atoms with E-state index in [0.717, 1.165) is 11.0 Å². The first-order chi connectivity index (χ1) is 8.72. The summed E-state index contributed by atoms with van der Waals surface area (Å²) in [5.41, 5.74) is 7.32. The normalized spacial score (nSPS) is 10.7. The number of carbonyl (C=O) groups excluding carboxylic acids is 1. The molecule has 0 aliphatic carbocycles. The van der Waals surface area contributed by atoms with Crippen molar-refractivity contribution in [3.05, 3.63) is 36.7 Å². The van der Waals surface area contributed by atoms with Crippen LogP contribution in [0.2, 0.25) is 0 Å². The van der Waals surface area contributed by atoms with Gasteiger partial charge in [-0.25, -0.2) is 14.5 Å². The van der Waals surface area contributed by atoms with Gasteiger partial charge in [-0.15, -0.1) is 0 Å². The average molecular weight is 242 g/mol. The molecule has 4 N–H and O–H groups in total. The highest BCUT2D eigenvalue weighted by atomic mass is 16.2. The monoisotopic (exact) mass is 242 g/mol. The van der Waals surface area contributed by atoms with Gasteiger partial charge in [0.2, 0.25) is 5.95 Å². The summed E-state index contributed by atoms with van der Waals surface area (Å²) in [7, 11) is 0. The predicted octanol–water partition coefficient (Wildman–Crippen LogP) is 1.24. The molecule has 0 spiro atoms. The molecule has 18 heavy (non-hydrogen) atoms. The van der Waals surface area contributed by atoms with Crippen molar-refractivity contribution in [1.82, 2.24) is 19.7 Å². The van der Waals surface area contributed by atoms with Crippen LogP contribution in [0.25, 0.3) is 17.0 Å². The number of amides is 2. The molecule has 0 radical (unpaired) electrons. The van der Waals surface area contributed by atoms with Crippen LogP contribution in [0.15, 0.2) is 36.7 Å². The quantitative estimate of drug-likeness (QED) is 0.630. The smallest absolute Gasteiger partial charge is 0.316 e. The number of aromatic nitrogens is 4. The largest absolute Gasteiger partial charge is 0.351 e. The zero-order chi connectivity index (χ0) is 12.5. The lowest BCUT2D eigenvalue weighted by Crippen LogP contribution is -2.18. The summed E-state index contributed by atoms with van der Waals surface area (Å²) in [4.78, 5) is 18.2. The summed E-state index contributed by atoms with van der Waals surface area (Å²) in [5.74, 6) is 0.578. The Morgan fingerprint density at radius 3 is 3.00 bits per heavy atom. The SMILES string of the molecule is NC(=O)Nc1cnn(-c2nc3ccccc3[nH]2)c1. The number of nitrogens with two attached hydrogens (primary N) is 1. The van der Waals surface area contributed by atoms with E-state index in [1.165, 1.54) is 10.9 Å². The lowest BCUT2D eigenvalue weighted by Gasteiger charge is -1.94. The zero-order valence-corrected chi connectivity index (χ0v) is 9.29. The van der Waals surface area contributed by atoms with Gasteiger partial charge >= 0.3 is 6.03 Å². The van der Waals surface area contributed by atoms with E-state index in [4.69, 9.17) is 5.73 Å². The molecule has 0 saturated heterocycles. The third kappa shape index (κ3) is 1.77. The van der Waals surface area contributed by atoms with E-state index in [1.807, 2.05) is 24.3 Å². The Balaban J connectivity index is 1.98. The molecule has 0 saturated carbocycles. The number of nitrogens with zero attached hydrogens (tertiary/aromatic N) is 3. The Labute approximate surface area is 102 Å². The number of anilines is 1. The molecule has 0 fully saturated rings. The van der Waals surface area contributed by atoms with Crippen LogP contribution in [0, 0.1) is 0 Å². The van der Waals surface area contributed by atoms with Gasteiger partial charge in [0.15, 0.2) is 0 Å². The molecule has 2 amide bonds. The fourth-order valence-corrected chi connectivity index (χ4v) is 1.69. The predicted molar refractivity (Wildman–Crippen MR) is 66.4 cm³/mol. The van der Waals surface area contributed by atoms with Gasteiger partial charge < -0.3 is 16.0 Å². The average Bonchev–Trinajstić information content (AvgIpc) is 2.93. The number of hydrogen-bond donors (Lipinski definition) is 3. The summed E-state index contributed by atoms with van der Waals surface area (Å²) >= 11 is 0. The van der Waals surface area contributed by atoms with Gasteiger partial charge in [-0.3, -0.25) is 0 Å². The fourth-order valence-electron chi connectivity index (χ4n) is 1.69. The van der Waals surface area contributed by atoms with Gasteiger partial charge in [-0.1, -0.05) is 12.1 Å². The molecule has 7 heteroatoms. The molecular weight excluding hydrogens is 232 g/mol. The van der Waals surface area contributed by atoms with Crippen LogP contribution in [-0.2, 0) is 0 Å². The van der Waals surface area contributed by atoms with Crippen LogP contribution in [0.3, 0.4) is 0 Å². The number of fused-ring (bicyclic) bond motifs is 1. The van der Waals surface area contributed by atoms with E-state index in [9.17, 15) is 4.79 Å². The maximum atomic E-state index is 10.7. The maximum Gasteiger partial charge on any atom is 0.316 e. The van der Waals surface area contributed by atoms with Crippen molar-refractivity contribution in [3.8, 4) is 5.95 Å². The van der Waals surface area contributed by atoms with E-state index >= 15 is 0 Å². The third-order valence-corrected chi connectivity index (χ3v) is 2.44. The molecule has 7 nitrogen and oxygen atoms in total. The second kappa shape index (κ2) is 3.88. The molecule has 3 rings (SSSR count). The fraction of sp³-hybridized carbons (Fsp3) is 0. The van der Waals surface area contributed by atoms with Crippen molar-refractivity contribution in [2.24, 2.45) is 5.73 Å². The minimum Gasteiger partial charge on any atom is -0.351 e. The van der Waals surface area contributed by atoms with Gasteiger partial charge in [0.1, 0.15) is 0 Å². The summed E-state index contributed by atoms with van der Waals surface area (Å²) in [6, 6.07) is 7.04. The lowest BCUT2D eigenvalue weighted by molar-refractivity contribution is 0.259. The zero-order valence-electron chi connectivity index (χ0n) is 9.29. The second-order valence-electron chi connectivity index (χ2n) is 3.74. The van der Waals surface area contributed by atoms with E-state index in [2.05, 4.69) is 20.4 Å². The van der Waals surface area contributed by atoms with E-state index in [-0.39, 0.29) is 0 Å². The van der Waals surface area contributed by atoms with Crippen LogP contribution >= 0.6 is 0 Å². The Hall–Kier alpha value is -2.83. The molecule has 0 atom stereocenters. The van der Waals surface area contributed by atoms with Crippen LogP contribution in [0.5, 0.6) is 0 Å². The number of carbonyl (C=O) groups is 1. The first-order valence-corrected chi connectivity index (χ1v) is 5.28. The van der Waals surface area contributed by atoms with Crippen molar-refractivity contribution in [2.75, 3.05) is 5.32 Å². The van der Waals surface area contributed by atoms with Gasteiger partial charge in [-0.05, 0) is 12.1 Å². The Morgan fingerprint density at radius 1 is 1.39 bits per heavy atom. The number of nitrogens with one attached hydrogen (secondary N) is 2. The molecular formula is C11H10N6O. The second-order valence-corrected chi connectivity index (χ2v) is 3.74. The van der Waals surface area contributed by atoms with Crippen LogP contribution in [-0.4, -0.2) is 25.8 Å². The number of primary amides is 1. The van der Waals surface area contributed by atoms with Gasteiger partial charge in [0, 0.05) is 0 Å². The molecule has 0 aliphatic heterocycles. The summed E-state index contributed by atoms with van der Waals surface area (Å²) < 4.78 is 1.53. The first kappa shape index (κ1) is 10.3. The Morgan fingerprint density at radius 2 is 2.22 bits per heavy atom. The molecule has 3 aromatic rings. The molecule has 1 aromatic carbocycles. The van der Waals surface area contributed by atoms with Crippen molar-refractivity contribution in [1.29, 1.82) is 0 Å². The standard InChI is InChI=1S/C11H10N6O/c12-10(18)14-7-5-13-17(6-7)11-15-8-3-1-2-4-9(8)16-11/h1-6H,(H,15,16)(H3,12,14,18). The number of para-hydroxylation sites is 2. The number of imidazole rings is 1. The highest BCUT2D eigenvalue weighted by Gasteiger charge is 2.06. The number of benzene rings is 1. The minimum atomic E-state index is -0.626. The summed E-state index contributed by atoms with van der Waals surface area (Å²) in [6.45, 7) is 0. The van der Waals surface area contributed by atoms with Crippen molar-refractivity contribution in [3.63, 3.8) is 0 Å². The van der Waals surface area contributed by atoms with E-state index in [0.29, 0.717) is 11.6 Å². The number of rotatable bonds is 2. The van der Waals surface area contributed by atoms with Crippen molar-refractivity contribution < 1.29 is 4.79 Å². The van der Waals surface area contributed by atoms with Crippen LogP contribution < -0.4 is 11.1 Å². The van der Waals surface area contributed by atoms with E-state index < -0.39 is 6.03 Å². The summed E-state index contributed by atoms with van der Waals surface area (Å²) in [5, 5.41) is 6.53. The van der Waals surface area contributed by atoms with Crippen molar-refractivity contribution in [2.45, 2.75) is 0 Å². The lowest BCUT2D eigenvalue weighted by atomic mass is 10.3. The highest BCUT2D eigenvalue weighted by Crippen LogP contribution is 2.14. The Kier molecular flexibility index (Phi) is 2.23. The van der Waals surface area contributed by atoms with Gasteiger partial charge in [-0.2, -0.15) is 5.10 Å². The molecule has 2 aromatic heterocycles. The number of urea groups is 1. The molecule has 0 aliphatic rings. The first-order valence-electron chi connectivity index (χ1n) is 5.28. The highest BCUT2D eigenvalue weighted by molar-refractivity contribution is 5.87. The van der Waals surface area contributed by atoms with Crippen LogP contribution in [0.1, 0.15) is 0 Å². The summed E-state index contributed by atoms with van der Waals surface area (Å²) in [6.07, 6.45) is 3.13. The number of H-pyrrole nitrogens is 1. The molecule has 0 unspecified atom stereocenters. The van der Waals surface area contributed by atoms with Gasteiger partial charge in [0.05, 0.1) is 29.1 Å². The van der Waals surface area contributed by atoms with Crippen molar-refractivity contribution >= 4 is 22.8 Å². The third-order valence-electron chi connectivity index (χ3n) is 2.44. The number of hydrogen-bond acceptors (Lipinski definition) is 3.